The van der Waals surface area contributed by atoms with Crippen molar-refractivity contribution in [2.75, 3.05) is 36.8 Å². The second-order valence-electron chi connectivity index (χ2n) is 7.73. The molecule has 0 radical (unpaired) electrons. The van der Waals surface area contributed by atoms with Crippen molar-refractivity contribution in [1.29, 1.82) is 0 Å². The number of amides is 1. The van der Waals surface area contributed by atoms with E-state index in [0.717, 1.165) is 24.6 Å². The average Bonchev–Trinajstić information content (AvgIpc) is 2.88. The van der Waals surface area contributed by atoms with Gasteiger partial charge in [-0.1, -0.05) is 48.2 Å². The number of carbonyl (C=O) groups excluding carboxylic acids is 1. The van der Waals surface area contributed by atoms with Crippen molar-refractivity contribution in [3.05, 3.63) is 89.3 Å². The van der Waals surface area contributed by atoms with Crippen molar-refractivity contribution in [3.63, 3.8) is 0 Å². The first-order valence-corrected chi connectivity index (χ1v) is 11.8. The smallest absolute Gasteiger partial charge is 0.266 e. The number of hydrogen-bond acceptors (Lipinski definition) is 6. The minimum Gasteiger partial charge on any atom is -0.353 e. The maximum atomic E-state index is 13.3. The van der Waals surface area contributed by atoms with E-state index in [9.17, 15) is 9.59 Å². The van der Waals surface area contributed by atoms with E-state index in [1.54, 1.807) is 16.8 Å². The third kappa shape index (κ3) is 4.47. The van der Waals surface area contributed by atoms with Crippen LogP contribution in [0.2, 0.25) is 0 Å². The first kappa shape index (κ1) is 21.2. The summed E-state index contributed by atoms with van der Waals surface area (Å²) in [5.41, 5.74) is 1.24. The third-order valence-corrected chi connectivity index (χ3v) is 6.61. The molecule has 0 aliphatic carbocycles. The molecule has 1 aliphatic heterocycles. The zero-order chi connectivity index (χ0) is 22.6. The number of thioether (sulfide) groups is 1. The summed E-state index contributed by atoms with van der Waals surface area (Å²) >= 11 is 1.30. The van der Waals surface area contributed by atoms with Crippen LogP contribution in [0.3, 0.4) is 0 Å². The molecule has 7 nitrogen and oxygen atoms in total. The van der Waals surface area contributed by atoms with E-state index in [1.807, 2.05) is 71.6 Å². The molecule has 1 fully saturated rings. The fourth-order valence-electron chi connectivity index (χ4n) is 3.96. The van der Waals surface area contributed by atoms with Gasteiger partial charge in [-0.15, -0.1) is 0 Å². The second-order valence-corrected chi connectivity index (χ2v) is 8.67. The molecule has 2 aromatic heterocycles. The molecule has 166 valence electrons. The van der Waals surface area contributed by atoms with E-state index >= 15 is 0 Å². The lowest BCUT2D eigenvalue weighted by Crippen LogP contribution is -2.49. The highest BCUT2D eigenvalue weighted by molar-refractivity contribution is 7.99. The SMILES string of the molecule is O=C(CSc1nc2ccccc2c(=O)n1-c1ccccc1)N1CCN(c2ccccn2)CC1. The highest BCUT2D eigenvalue weighted by Gasteiger charge is 2.23. The number of nitrogens with zero attached hydrogens (tertiary/aromatic N) is 5. The molecular formula is C25H23N5O2S. The molecule has 0 N–H and O–H groups in total. The number of benzene rings is 2. The van der Waals surface area contributed by atoms with E-state index in [-0.39, 0.29) is 17.2 Å². The van der Waals surface area contributed by atoms with Crippen LogP contribution in [0.25, 0.3) is 16.6 Å². The van der Waals surface area contributed by atoms with Gasteiger partial charge >= 0.3 is 0 Å². The van der Waals surface area contributed by atoms with Gasteiger partial charge in [-0.25, -0.2) is 9.97 Å². The Morgan fingerprint density at radius 3 is 2.36 bits per heavy atom. The van der Waals surface area contributed by atoms with Crippen LogP contribution >= 0.6 is 11.8 Å². The summed E-state index contributed by atoms with van der Waals surface area (Å²) in [5, 5.41) is 1.08. The number of anilines is 1. The molecule has 33 heavy (non-hydrogen) atoms. The molecular weight excluding hydrogens is 434 g/mol. The highest BCUT2D eigenvalue weighted by Crippen LogP contribution is 2.22. The summed E-state index contributed by atoms with van der Waals surface area (Å²) in [4.78, 5) is 39.4. The van der Waals surface area contributed by atoms with Gasteiger partial charge in [-0.3, -0.25) is 14.2 Å². The number of aromatic nitrogens is 3. The Labute approximate surface area is 195 Å². The van der Waals surface area contributed by atoms with Crippen LogP contribution < -0.4 is 10.5 Å². The zero-order valence-electron chi connectivity index (χ0n) is 18.0. The van der Waals surface area contributed by atoms with Crippen molar-refractivity contribution < 1.29 is 4.79 Å². The van der Waals surface area contributed by atoms with Gasteiger partial charge in [0.25, 0.3) is 5.56 Å². The normalized spacial score (nSPS) is 13.9. The number of pyridine rings is 1. The lowest BCUT2D eigenvalue weighted by Gasteiger charge is -2.35. The molecule has 1 aliphatic rings. The van der Waals surface area contributed by atoms with Crippen LogP contribution in [0.4, 0.5) is 5.82 Å². The molecule has 0 saturated carbocycles. The van der Waals surface area contributed by atoms with Crippen molar-refractivity contribution in [2.45, 2.75) is 5.16 Å². The Kier molecular flexibility index (Phi) is 6.08. The van der Waals surface area contributed by atoms with Crippen LogP contribution in [0, 0.1) is 0 Å². The van der Waals surface area contributed by atoms with Crippen molar-refractivity contribution in [1.82, 2.24) is 19.4 Å². The quantitative estimate of drug-likeness (QED) is 0.339. The van der Waals surface area contributed by atoms with Gasteiger partial charge in [-0.05, 0) is 36.4 Å². The van der Waals surface area contributed by atoms with E-state index in [4.69, 9.17) is 4.98 Å². The predicted octanol–water partition coefficient (Wildman–Crippen LogP) is 3.22. The fourth-order valence-corrected chi connectivity index (χ4v) is 4.87. The molecule has 3 heterocycles. The number of fused-ring (bicyclic) bond motifs is 1. The van der Waals surface area contributed by atoms with Gasteiger partial charge in [0.1, 0.15) is 5.82 Å². The van der Waals surface area contributed by atoms with Gasteiger partial charge in [0.2, 0.25) is 5.91 Å². The maximum absolute atomic E-state index is 13.3. The third-order valence-electron chi connectivity index (χ3n) is 5.69. The summed E-state index contributed by atoms with van der Waals surface area (Å²) in [5.74, 6) is 1.20. The first-order valence-electron chi connectivity index (χ1n) is 10.8. The number of para-hydroxylation sites is 2. The van der Waals surface area contributed by atoms with Crippen LogP contribution in [0.5, 0.6) is 0 Å². The van der Waals surface area contributed by atoms with Crippen LogP contribution in [-0.2, 0) is 4.79 Å². The molecule has 5 rings (SSSR count). The summed E-state index contributed by atoms with van der Waals surface area (Å²) < 4.78 is 1.60. The average molecular weight is 458 g/mol. The molecule has 0 spiro atoms. The lowest BCUT2D eigenvalue weighted by molar-refractivity contribution is -0.128. The monoisotopic (exact) mass is 457 g/mol. The molecule has 0 unspecified atom stereocenters. The summed E-state index contributed by atoms with van der Waals surface area (Å²) in [6.45, 7) is 2.78. The Morgan fingerprint density at radius 2 is 1.61 bits per heavy atom. The fraction of sp³-hybridized carbons (Fsp3) is 0.200. The first-order chi connectivity index (χ1) is 16.2. The van der Waals surface area contributed by atoms with Crippen LogP contribution in [-0.4, -0.2) is 57.3 Å². The zero-order valence-corrected chi connectivity index (χ0v) is 18.8. The van der Waals surface area contributed by atoms with Gasteiger partial charge in [-0.2, -0.15) is 0 Å². The topological polar surface area (TPSA) is 71.3 Å². The predicted molar refractivity (Wildman–Crippen MR) is 131 cm³/mol. The number of hydrogen-bond donors (Lipinski definition) is 0. The molecule has 8 heteroatoms. The minimum absolute atomic E-state index is 0.0442. The number of carbonyl (C=O) groups is 1. The molecule has 0 atom stereocenters. The van der Waals surface area contributed by atoms with Gasteiger partial charge < -0.3 is 9.80 Å². The molecule has 2 aromatic carbocycles. The summed E-state index contributed by atoms with van der Waals surface area (Å²) in [6.07, 6.45) is 1.78. The highest BCUT2D eigenvalue weighted by atomic mass is 32.2. The van der Waals surface area contributed by atoms with Crippen molar-refractivity contribution >= 4 is 34.4 Å². The van der Waals surface area contributed by atoms with Crippen LogP contribution in [0.15, 0.2) is 88.9 Å². The Bertz CT molecular complexity index is 1320. The number of rotatable bonds is 5. The lowest BCUT2D eigenvalue weighted by atomic mass is 10.2. The van der Waals surface area contributed by atoms with E-state index in [2.05, 4.69) is 9.88 Å². The maximum Gasteiger partial charge on any atom is 0.266 e. The summed E-state index contributed by atoms with van der Waals surface area (Å²) in [6, 6.07) is 22.6. The van der Waals surface area contributed by atoms with Gasteiger partial charge in [0, 0.05) is 32.4 Å². The largest absolute Gasteiger partial charge is 0.353 e. The van der Waals surface area contributed by atoms with E-state index < -0.39 is 0 Å². The standard InChI is InChI=1S/C25H23N5O2S/c31-23(29-16-14-28(15-17-29)22-12-6-7-13-26-22)18-33-25-27-21-11-5-4-10-20(21)24(32)30(25)19-8-2-1-3-9-19/h1-13H,14-18H2. The molecule has 4 aromatic rings. The molecule has 1 amide bonds. The van der Waals surface area contributed by atoms with Gasteiger partial charge in [0.05, 0.1) is 22.3 Å². The summed E-state index contributed by atoms with van der Waals surface area (Å²) in [7, 11) is 0. The second kappa shape index (κ2) is 9.46. The molecule has 0 bridgehead atoms. The van der Waals surface area contributed by atoms with Crippen molar-refractivity contribution in [3.8, 4) is 5.69 Å². The van der Waals surface area contributed by atoms with Crippen LogP contribution in [0.1, 0.15) is 0 Å². The Hall–Kier alpha value is -3.65. The molecule has 1 saturated heterocycles. The van der Waals surface area contributed by atoms with Crippen molar-refractivity contribution in [2.24, 2.45) is 0 Å². The Balaban J connectivity index is 1.33. The van der Waals surface area contributed by atoms with E-state index in [0.29, 0.717) is 29.1 Å². The van der Waals surface area contributed by atoms with Gasteiger partial charge in [0.15, 0.2) is 5.16 Å². The number of piperazine rings is 1. The minimum atomic E-state index is -0.134. The van der Waals surface area contributed by atoms with E-state index in [1.165, 1.54) is 11.8 Å². The Morgan fingerprint density at radius 1 is 0.879 bits per heavy atom.